The summed E-state index contributed by atoms with van der Waals surface area (Å²) < 4.78 is 2.63. The Bertz CT molecular complexity index is 3520. The average Bonchev–Trinajstić information content (AvgIpc) is 3.88. The number of nitrogens with zero attached hydrogens (tertiary/aromatic N) is 2. The Morgan fingerprint density at radius 2 is 0.875 bits per heavy atom. The summed E-state index contributed by atoms with van der Waals surface area (Å²) in [7, 11) is 0. The summed E-state index contributed by atoms with van der Waals surface area (Å²) in [5.41, 5.74) is 18.7. The molecule has 2 heterocycles. The molecule has 0 radical (unpaired) electrons. The van der Waals surface area contributed by atoms with Crippen LogP contribution in [-0.4, -0.2) is 0 Å². The van der Waals surface area contributed by atoms with Crippen molar-refractivity contribution in [2.75, 3.05) is 9.80 Å². The van der Waals surface area contributed by atoms with Gasteiger partial charge in [0, 0.05) is 42.9 Å². The highest BCUT2D eigenvalue weighted by molar-refractivity contribution is 7.25. The maximum atomic E-state index is 2.49. The summed E-state index contributed by atoms with van der Waals surface area (Å²) in [6.45, 7) is 0. The Hall–Kier alpha value is -7.98. The molecule has 300 valence electrons. The van der Waals surface area contributed by atoms with Crippen molar-refractivity contribution >= 4 is 65.6 Å². The van der Waals surface area contributed by atoms with Gasteiger partial charge in [0.05, 0.1) is 16.8 Å². The summed E-state index contributed by atoms with van der Waals surface area (Å²) in [4.78, 5) is 4.90. The first-order valence-electron chi connectivity index (χ1n) is 22.0. The van der Waals surface area contributed by atoms with Crippen molar-refractivity contribution in [2.24, 2.45) is 0 Å². The second kappa shape index (κ2) is 14.6. The number of hydrogen-bond acceptors (Lipinski definition) is 3. The van der Waals surface area contributed by atoms with Crippen LogP contribution in [0.4, 0.5) is 34.1 Å². The van der Waals surface area contributed by atoms with E-state index in [-0.39, 0.29) is 0 Å². The lowest BCUT2D eigenvalue weighted by molar-refractivity contribution is 0.752. The fraction of sp³-hybridized carbons (Fsp3) is 0.0164. The van der Waals surface area contributed by atoms with E-state index in [1.807, 2.05) is 11.3 Å². The molecule has 0 saturated carbocycles. The normalized spacial score (nSPS) is 13.1. The van der Waals surface area contributed by atoms with Crippen molar-refractivity contribution in [3.05, 3.63) is 265 Å². The van der Waals surface area contributed by atoms with Crippen molar-refractivity contribution in [2.45, 2.75) is 5.41 Å². The third kappa shape index (κ3) is 5.51. The van der Waals surface area contributed by atoms with E-state index in [2.05, 4.69) is 252 Å². The zero-order valence-corrected chi connectivity index (χ0v) is 35.7. The van der Waals surface area contributed by atoms with Gasteiger partial charge in [0.25, 0.3) is 0 Å². The quantitative estimate of drug-likeness (QED) is 0.165. The predicted octanol–water partition coefficient (Wildman–Crippen LogP) is 17.0. The van der Waals surface area contributed by atoms with Gasteiger partial charge >= 0.3 is 0 Å². The van der Waals surface area contributed by atoms with E-state index in [1.54, 1.807) is 0 Å². The number of thiophene rings is 1. The molecule has 13 rings (SSSR count). The highest BCUT2D eigenvalue weighted by atomic mass is 32.1. The van der Waals surface area contributed by atoms with Crippen LogP contribution in [0.3, 0.4) is 0 Å². The highest BCUT2D eigenvalue weighted by Crippen LogP contribution is 2.64. The smallest absolute Gasteiger partial charge is 0.0755 e. The molecule has 11 aromatic rings. The first kappa shape index (κ1) is 36.7. The molecule has 64 heavy (non-hydrogen) atoms. The monoisotopic (exact) mass is 832 g/mol. The second-order valence-corrected chi connectivity index (χ2v) is 17.9. The van der Waals surface area contributed by atoms with Gasteiger partial charge in [-0.15, -0.1) is 11.3 Å². The van der Waals surface area contributed by atoms with Crippen LogP contribution >= 0.6 is 11.3 Å². The standard InChI is InChI=1S/C61H40N2S/c1-3-16-41(17-4-1)42-30-33-46(34-31-42)62(47-21-15-18-43(38-47)44-32-37-60-52(39-44)51-23-8-14-29-59(51)64-60)48-35-36-50-49-22-7-9-24-53(49)61(56(50)40-48)54-25-10-12-27-57(54)63(45-19-5-2-6-20-45)58-28-13-11-26-55(58)61/h1-40H. The molecule has 0 bridgehead atoms. The fourth-order valence-corrected chi connectivity index (χ4v) is 11.8. The number of rotatable bonds is 6. The number of benzene rings is 10. The van der Waals surface area contributed by atoms with Gasteiger partial charge < -0.3 is 9.80 Å². The number of hydrogen-bond donors (Lipinski definition) is 0. The van der Waals surface area contributed by atoms with Crippen LogP contribution in [0.1, 0.15) is 22.3 Å². The summed E-state index contributed by atoms with van der Waals surface area (Å²) >= 11 is 1.86. The van der Waals surface area contributed by atoms with E-state index in [0.29, 0.717) is 0 Å². The van der Waals surface area contributed by atoms with Crippen molar-refractivity contribution in [3.63, 3.8) is 0 Å². The van der Waals surface area contributed by atoms with E-state index < -0.39 is 5.41 Å². The van der Waals surface area contributed by atoms with Gasteiger partial charge in [0.1, 0.15) is 0 Å². The van der Waals surface area contributed by atoms with E-state index in [0.717, 1.165) is 22.7 Å². The number of para-hydroxylation sites is 3. The Morgan fingerprint density at radius 3 is 1.66 bits per heavy atom. The fourth-order valence-electron chi connectivity index (χ4n) is 10.7. The van der Waals surface area contributed by atoms with Crippen LogP contribution in [0.25, 0.3) is 53.6 Å². The van der Waals surface area contributed by atoms with Crippen molar-refractivity contribution in [1.82, 2.24) is 0 Å². The van der Waals surface area contributed by atoms with Gasteiger partial charge in [-0.1, -0.05) is 164 Å². The van der Waals surface area contributed by atoms with Crippen molar-refractivity contribution < 1.29 is 0 Å². The zero-order valence-electron chi connectivity index (χ0n) is 34.9. The van der Waals surface area contributed by atoms with Crippen LogP contribution < -0.4 is 9.80 Å². The van der Waals surface area contributed by atoms with Gasteiger partial charge in [-0.2, -0.15) is 0 Å². The largest absolute Gasteiger partial charge is 0.310 e. The predicted molar refractivity (Wildman–Crippen MR) is 270 cm³/mol. The molecule has 2 aliphatic rings. The molecule has 0 atom stereocenters. The zero-order chi connectivity index (χ0) is 42.2. The molecule has 3 heteroatoms. The molecule has 0 amide bonds. The molecule has 0 unspecified atom stereocenters. The van der Waals surface area contributed by atoms with Crippen molar-refractivity contribution in [1.29, 1.82) is 0 Å². The summed E-state index contributed by atoms with van der Waals surface area (Å²) in [5, 5.41) is 2.62. The van der Waals surface area contributed by atoms with Crippen molar-refractivity contribution in [3.8, 4) is 33.4 Å². The van der Waals surface area contributed by atoms with E-state index in [4.69, 9.17) is 0 Å². The lowest BCUT2D eigenvalue weighted by Gasteiger charge is -2.45. The number of anilines is 6. The number of fused-ring (bicyclic) bond motifs is 12. The summed E-state index contributed by atoms with van der Waals surface area (Å²) in [5.74, 6) is 0. The molecule has 2 nitrogen and oxygen atoms in total. The Morgan fingerprint density at radius 1 is 0.328 bits per heavy atom. The third-order valence-corrected chi connectivity index (χ3v) is 14.6. The first-order chi connectivity index (χ1) is 31.7. The van der Waals surface area contributed by atoms with Crippen LogP contribution in [0, 0.1) is 0 Å². The minimum Gasteiger partial charge on any atom is -0.310 e. The molecule has 1 aromatic heterocycles. The maximum absolute atomic E-state index is 2.49. The Balaban J connectivity index is 1.03. The molecular formula is C61H40N2S. The topological polar surface area (TPSA) is 6.48 Å². The SMILES string of the molecule is c1ccc(-c2ccc(N(c3cccc(-c4ccc5sc6ccccc6c5c4)c3)c3ccc4c(c3)C3(c5ccccc5-4)c4ccccc4N(c4ccccc4)c4ccccc43)cc2)cc1. The Kier molecular flexibility index (Phi) is 8.34. The van der Waals surface area contributed by atoms with Crippen LogP contribution in [-0.2, 0) is 5.41 Å². The molecule has 1 aliphatic carbocycles. The third-order valence-electron chi connectivity index (χ3n) is 13.4. The van der Waals surface area contributed by atoms with Crippen LogP contribution in [0.15, 0.2) is 243 Å². The van der Waals surface area contributed by atoms with Gasteiger partial charge in [0.15, 0.2) is 0 Å². The van der Waals surface area contributed by atoms with E-state index >= 15 is 0 Å². The van der Waals surface area contributed by atoms with Crippen LogP contribution in [0.5, 0.6) is 0 Å². The molecule has 0 fully saturated rings. The summed E-state index contributed by atoms with van der Waals surface area (Å²) in [6.07, 6.45) is 0. The summed E-state index contributed by atoms with van der Waals surface area (Å²) in [6, 6.07) is 89.7. The van der Waals surface area contributed by atoms with Gasteiger partial charge in [-0.3, -0.25) is 0 Å². The minimum absolute atomic E-state index is 0.566. The highest BCUT2D eigenvalue weighted by Gasteiger charge is 2.51. The van der Waals surface area contributed by atoms with Gasteiger partial charge in [0.2, 0.25) is 0 Å². The van der Waals surface area contributed by atoms with E-state index in [1.165, 1.54) is 87.2 Å². The van der Waals surface area contributed by atoms with E-state index in [9.17, 15) is 0 Å². The lowest BCUT2D eigenvalue weighted by atomic mass is 9.64. The second-order valence-electron chi connectivity index (χ2n) is 16.8. The molecule has 1 aliphatic heterocycles. The molecular weight excluding hydrogens is 793 g/mol. The average molecular weight is 833 g/mol. The molecule has 10 aromatic carbocycles. The van der Waals surface area contributed by atoms with Crippen LogP contribution in [0.2, 0.25) is 0 Å². The van der Waals surface area contributed by atoms with Gasteiger partial charge in [-0.05, 0) is 134 Å². The first-order valence-corrected chi connectivity index (χ1v) is 22.8. The lowest BCUT2D eigenvalue weighted by Crippen LogP contribution is -2.36. The molecule has 0 saturated heterocycles. The maximum Gasteiger partial charge on any atom is 0.0755 e. The van der Waals surface area contributed by atoms with Gasteiger partial charge in [-0.25, -0.2) is 0 Å². The minimum atomic E-state index is -0.566. The molecule has 0 N–H and O–H groups in total. The Labute approximate surface area is 377 Å². The molecule has 1 spiro atoms.